The number of para-hydroxylation sites is 1. The zero-order chi connectivity index (χ0) is 34.7. The second-order valence-corrected chi connectivity index (χ2v) is 14.0. The molecule has 0 saturated heterocycles. The van der Waals surface area contributed by atoms with Gasteiger partial charge in [0.15, 0.2) is 0 Å². The maximum absolute atomic E-state index is 6.53. The van der Waals surface area contributed by atoms with Crippen molar-refractivity contribution in [1.29, 1.82) is 0 Å². The van der Waals surface area contributed by atoms with Gasteiger partial charge in [0.1, 0.15) is 5.82 Å². The summed E-state index contributed by atoms with van der Waals surface area (Å²) < 4.78 is 10.8. The molecule has 0 N–H and O–H groups in total. The molecule has 0 aliphatic rings. The molecule has 3 heterocycles. The number of hydrogen-bond acceptors (Lipinski definition) is 3. The van der Waals surface area contributed by atoms with Gasteiger partial charge in [0.2, 0.25) is 0 Å². The molecule has 0 bridgehead atoms. The number of aromatic nitrogens is 4. The smallest absolute Gasteiger partial charge is 0.509 e. The number of fused-ring (bicyclic) bond motifs is 3. The summed E-state index contributed by atoms with van der Waals surface area (Å²) in [5, 5.41) is 7.57. The van der Waals surface area contributed by atoms with E-state index in [1.165, 1.54) is 44.6 Å². The monoisotopic (exact) mass is 750 g/mol. The zero-order valence-corrected chi connectivity index (χ0v) is 32.2. The van der Waals surface area contributed by atoms with Crippen molar-refractivity contribution < 1.29 is 25.2 Å². The second kappa shape index (κ2) is 13.7. The Morgan fingerprint density at radius 3 is 2.02 bits per heavy atom. The third kappa shape index (κ3) is 5.89. The van der Waals surface area contributed by atoms with E-state index in [0.717, 1.165) is 44.6 Å². The number of hydrogen-bond donors (Lipinski definition) is 0. The molecule has 5 nitrogen and oxygen atoms in total. The molecule has 3 aromatic heterocycles. The number of pyridine rings is 1. The molecule has 50 heavy (non-hydrogen) atoms. The minimum Gasteiger partial charge on any atom is -0.509 e. The second-order valence-electron chi connectivity index (χ2n) is 14.0. The Bertz CT molecular complexity index is 2370. The van der Waals surface area contributed by atoms with Gasteiger partial charge in [-0.15, -0.1) is 35.7 Å². The summed E-state index contributed by atoms with van der Waals surface area (Å²) in [7, 11) is 0. The Labute approximate surface area is 310 Å². The van der Waals surface area contributed by atoms with Crippen LogP contribution in [0.15, 0.2) is 72.9 Å². The van der Waals surface area contributed by atoms with Gasteiger partial charge in [-0.25, -0.2) is 4.98 Å². The van der Waals surface area contributed by atoms with Gasteiger partial charge in [0.05, 0.1) is 11.4 Å². The first-order valence-corrected chi connectivity index (χ1v) is 17.2. The fourth-order valence-corrected chi connectivity index (χ4v) is 7.25. The van der Waals surface area contributed by atoms with E-state index in [1.54, 1.807) is 0 Å². The van der Waals surface area contributed by atoms with Crippen LogP contribution >= 0.6 is 0 Å². The first-order chi connectivity index (χ1) is 23.5. The summed E-state index contributed by atoms with van der Waals surface area (Å²) in [5.74, 6) is 2.54. The Hall–Kier alpha value is -4.50. The summed E-state index contributed by atoms with van der Waals surface area (Å²) in [6, 6.07) is 29.8. The van der Waals surface area contributed by atoms with Crippen molar-refractivity contribution in [1.82, 2.24) is 19.3 Å². The Kier molecular flexibility index (Phi) is 9.66. The molecule has 0 spiro atoms. The average molecular weight is 751 g/mol. The van der Waals surface area contributed by atoms with Crippen molar-refractivity contribution in [3.05, 3.63) is 130 Å². The van der Waals surface area contributed by atoms with Crippen LogP contribution in [0.5, 0.6) is 11.5 Å². The van der Waals surface area contributed by atoms with Crippen molar-refractivity contribution >= 4 is 21.8 Å². The van der Waals surface area contributed by atoms with E-state index in [4.69, 9.17) is 14.8 Å². The van der Waals surface area contributed by atoms with Gasteiger partial charge in [0.25, 0.3) is 0 Å². The van der Waals surface area contributed by atoms with Crippen molar-refractivity contribution in [3.63, 3.8) is 0 Å². The quantitative estimate of drug-likeness (QED) is 0.120. The molecule has 7 aromatic rings. The molecule has 256 valence electrons. The fraction of sp³-hybridized carbons (Fsp3) is 0.273. The third-order valence-corrected chi connectivity index (χ3v) is 10.2. The number of ether oxygens (including phenoxy) is 1. The minimum absolute atomic E-state index is 0. The van der Waals surface area contributed by atoms with E-state index < -0.39 is 0 Å². The molecule has 0 aliphatic carbocycles. The van der Waals surface area contributed by atoms with Crippen LogP contribution in [0.1, 0.15) is 84.3 Å². The Morgan fingerprint density at radius 2 is 1.34 bits per heavy atom. The van der Waals surface area contributed by atoms with Gasteiger partial charge in [-0.2, -0.15) is 17.2 Å². The van der Waals surface area contributed by atoms with Crippen molar-refractivity contribution in [2.24, 2.45) is 0 Å². The maximum atomic E-state index is 6.53. The molecule has 0 radical (unpaired) electrons. The molecule has 0 unspecified atom stereocenters. The topological polar surface area (TPSA) is 44.9 Å². The van der Waals surface area contributed by atoms with Gasteiger partial charge in [-0.3, -0.25) is 4.68 Å². The molecular formula is C44H44N4OPd. The van der Waals surface area contributed by atoms with Crippen LogP contribution in [0, 0.1) is 53.7 Å². The predicted octanol–water partition coefficient (Wildman–Crippen LogP) is 11.5. The van der Waals surface area contributed by atoms with Gasteiger partial charge in [-0.1, -0.05) is 51.4 Å². The number of benzene rings is 4. The SMILES string of the molecule is Cc1ccnc(-n2c3[c-]c(Oc4[c-]c(-n5nc(C(C)C)c(-c6c(C)c(C)c(C)c(C)c6C)c5C(C)C)ccc4)ccc3c3ccccc32)c1.[Pd+2]. The molecule has 0 fully saturated rings. The van der Waals surface area contributed by atoms with Crippen molar-refractivity contribution in [2.45, 2.75) is 81.1 Å². The van der Waals surface area contributed by atoms with Crippen molar-refractivity contribution in [2.75, 3.05) is 0 Å². The van der Waals surface area contributed by atoms with E-state index in [1.807, 2.05) is 30.5 Å². The largest absolute Gasteiger partial charge is 2.00 e. The molecule has 0 atom stereocenters. The van der Waals surface area contributed by atoms with Crippen LogP contribution in [0.25, 0.3) is 44.4 Å². The maximum Gasteiger partial charge on any atom is 2.00 e. The van der Waals surface area contributed by atoms with E-state index in [2.05, 4.69) is 133 Å². The van der Waals surface area contributed by atoms with Crippen LogP contribution < -0.4 is 4.74 Å². The third-order valence-electron chi connectivity index (χ3n) is 10.2. The van der Waals surface area contributed by atoms with Crippen LogP contribution in [0.4, 0.5) is 0 Å². The van der Waals surface area contributed by atoms with Gasteiger partial charge < -0.3 is 9.30 Å². The minimum atomic E-state index is 0. The predicted molar refractivity (Wildman–Crippen MR) is 202 cm³/mol. The standard InChI is InChI=1S/C44H44N4O.Pd/c1-25(2)43-42(41-31(9)29(7)28(6)30(8)32(41)10)44(26(3)4)48(46-43)33-14-13-15-34(23-33)49-35-18-19-37-36-16-11-12-17-38(36)47(39(37)24-35)40-22-27(5)20-21-45-40;/h11-22,25-26H,1-10H3;/q-2;+2. The number of nitrogens with zero attached hydrogens (tertiary/aromatic N) is 4. The van der Waals surface area contributed by atoms with Crippen LogP contribution in [-0.2, 0) is 20.4 Å². The Balaban J connectivity index is 0.00000432. The molecule has 4 aromatic carbocycles. The van der Waals surface area contributed by atoms with Gasteiger partial charge in [0, 0.05) is 28.8 Å². The van der Waals surface area contributed by atoms with Gasteiger partial charge in [-0.05, 0) is 122 Å². The first kappa shape index (κ1) is 35.3. The molecule has 0 saturated carbocycles. The summed E-state index contributed by atoms with van der Waals surface area (Å²) in [4.78, 5) is 4.72. The first-order valence-electron chi connectivity index (χ1n) is 17.2. The van der Waals surface area contributed by atoms with Gasteiger partial charge >= 0.3 is 20.4 Å². The Morgan fingerprint density at radius 1 is 0.660 bits per heavy atom. The zero-order valence-electron chi connectivity index (χ0n) is 30.6. The van der Waals surface area contributed by atoms with E-state index in [-0.39, 0.29) is 32.3 Å². The summed E-state index contributed by atoms with van der Waals surface area (Å²) in [6.07, 6.45) is 1.85. The molecular weight excluding hydrogens is 707 g/mol. The molecule has 0 amide bonds. The summed E-state index contributed by atoms with van der Waals surface area (Å²) >= 11 is 0. The number of aryl methyl sites for hydroxylation is 1. The van der Waals surface area contributed by atoms with E-state index in [0.29, 0.717) is 11.5 Å². The van der Waals surface area contributed by atoms with Crippen LogP contribution in [0.3, 0.4) is 0 Å². The fourth-order valence-electron chi connectivity index (χ4n) is 7.25. The van der Waals surface area contributed by atoms with E-state index in [9.17, 15) is 0 Å². The van der Waals surface area contributed by atoms with Crippen LogP contribution in [0.2, 0.25) is 0 Å². The van der Waals surface area contributed by atoms with E-state index >= 15 is 0 Å². The summed E-state index contributed by atoms with van der Waals surface area (Å²) in [6.45, 7) is 22.3. The van der Waals surface area contributed by atoms with Crippen LogP contribution in [-0.4, -0.2) is 19.3 Å². The molecule has 6 heteroatoms. The number of rotatable bonds is 7. The molecule has 0 aliphatic heterocycles. The average Bonchev–Trinajstić information content (AvgIpc) is 3.64. The van der Waals surface area contributed by atoms with Crippen molar-refractivity contribution in [3.8, 4) is 34.1 Å². The summed E-state index contributed by atoms with van der Waals surface area (Å²) in [5.41, 5.74) is 15.6. The molecule has 7 rings (SSSR count). The normalized spacial score (nSPS) is 11.6.